The number of hydrogen-bond donors (Lipinski definition) is 3. The fraction of sp³-hybridized carbons (Fsp3) is 0.435. The summed E-state index contributed by atoms with van der Waals surface area (Å²) in [4.78, 5) is 31.1. The van der Waals surface area contributed by atoms with Gasteiger partial charge in [-0.2, -0.15) is 0 Å². The number of aromatic nitrogens is 1. The van der Waals surface area contributed by atoms with Crippen molar-refractivity contribution in [2.75, 3.05) is 19.4 Å². The van der Waals surface area contributed by atoms with Gasteiger partial charge in [0.05, 0.1) is 24.2 Å². The molecule has 2 aromatic rings. The number of halogens is 1. The van der Waals surface area contributed by atoms with Crippen molar-refractivity contribution in [3.63, 3.8) is 0 Å². The van der Waals surface area contributed by atoms with Gasteiger partial charge >= 0.3 is 0 Å². The molecule has 2 amide bonds. The van der Waals surface area contributed by atoms with Crippen LogP contribution in [0, 0.1) is 12.8 Å². The summed E-state index contributed by atoms with van der Waals surface area (Å²) in [5.74, 6) is 0.654. The molecule has 0 bridgehead atoms. The summed E-state index contributed by atoms with van der Waals surface area (Å²) >= 11 is 6.25. The van der Waals surface area contributed by atoms with Crippen LogP contribution >= 0.6 is 11.6 Å². The number of anilines is 1. The molecule has 1 saturated heterocycles. The number of ether oxygens (including phenoxy) is 1. The van der Waals surface area contributed by atoms with Crippen molar-refractivity contribution in [3.05, 3.63) is 52.2 Å². The molecule has 32 heavy (non-hydrogen) atoms. The average Bonchev–Trinajstić information content (AvgIpc) is 3.16. The van der Waals surface area contributed by atoms with Gasteiger partial charge in [0.1, 0.15) is 11.6 Å². The lowest BCUT2D eigenvalue weighted by Gasteiger charge is -2.28. The number of amides is 2. The summed E-state index contributed by atoms with van der Waals surface area (Å²) in [6.45, 7) is 4.58. The monoisotopic (exact) mass is 459 g/mol. The van der Waals surface area contributed by atoms with Crippen LogP contribution in [0.5, 0.6) is 5.75 Å². The number of aryl methyl sites for hydroxylation is 1. The first-order chi connectivity index (χ1) is 15.2. The number of hydrogen-bond acceptors (Lipinski definition) is 6. The fourth-order valence-corrected chi connectivity index (χ4v) is 4.53. The van der Waals surface area contributed by atoms with Gasteiger partial charge in [0.25, 0.3) is 0 Å². The molecule has 0 saturated carbocycles. The maximum atomic E-state index is 12.8. The zero-order chi connectivity index (χ0) is 23.4. The minimum atomic E-state index is -0.501. The number of nitrogens with zero attached hydrogens (tertiary/aromatic N) is 2. The zero-order valence-corrected chi connectivity index (χ0v) is 19.4. The Kier molecular flexibility index (Phi) is 7.58. The first kappa shape index (κ1) is 23.8. The van der Waals surface area contributed by atoms with Crippen molar-refractivity contribution >= 4 is 29.2 Å². The number of carbonyl (C=O) groups is 2. The van der Waals surface area contributed by atoms with E-state index in [9.17, 15) is 9.59 Å². The number of likely N-dealkylation sites (tertiary alicyclic amines) is 1. The average molecular weight is 460 g/mol. The van der Waals surface area contributed by atoms with Crippen LogP contribution in [0.4, 0.5) is 5.82 Å². The number of rotatable bonds is 8. The van der Waals surface area contributed by atoms with E-state index >= 15 is 0 Å². The predicted molar refractivity (Wildman–Crippen MR) is 124 cm³/mol. The van der Waals surface area contributed by atoms with E-state index in [2.05, 4.69) is 10.3 Å². The Morgan fingerprint density at radius 2 is 2.09 bits per heavy atom. The van der Waals surface area contributed by atoms with Crippen LogP contribution < -0.4 is 21.5 Å². The molecule has 1 aromatic heterocycles. The number of nitrogens with two attached hydrogens (primary N) is 2. The maximum Gasteiger partial charge on any atom is 0.237 e. The van der Waals surface area contributed by atoms with E-state index in [4.69, 9.17) is 27.8 Å². The second kappa shape index (κ2) is 10.2. The molecule has 3 atom stereocenters. The van der Waals surface area contributed by atoms with Crippen LogP contribution in [0.15, 0.2) is 30.3 Å². The van der Waals surface area contributed by atoms with E-state index in [-0.39, 0.29) is 11.8 Å². The highest BCUT2D eigenvalue weighted by Gasteiger charge is 2.40. The summed E-state index contributed by atoms with van der Waals surface area (Å²) in [5.41, 5.74) is 14.1. The molecule has 2 heterocycles. The van der Waals surface area contributed by atoms with E-state index in [1.807, 2.05) is 36.1 Å². The molecule has 1 aromatic carbocycles. The van der Waals surface area contributed by atoms with Gasteiger partial charge in [-0.05, 0) is 61.9 Å². The van der Waals surface area contributed by atoms with Crippen LogP contribution in [0.25, 0.3) is 0 Å². The molecule has 3 rings (SSSR count). The van der Waals surface area contributed by atoms with Gasteiger partial charge in [0, 0.05) is 18.8 Å². The molecule has 1 fully saturated rings. The standard InChI is InChI=1S/C23H30ClN5O3/c1-13-17(5-7-21(25)28-13)11-27-23(31)14(2)29-12-16(10-19(29)22(26)30)8-15-4-6-20(32-3)18(24)9-15/h4-7,9,14,16,19H,8,10-12H2,1-3H3,(H2,25,28)(H2,26,30)(H,27,31)/t14-,16?,19?/m0/s1. The van der Waals surface area contributed by atoms with Crippen LogP contribution in [0.3, 0.4) is 0 Å². The van der Waals surface area contributed by atoms with Gasteiger partial charge in [-0.25, -0.2) is 4.98 Å². The van der Waals surface area contributed by atoms with E-state index < -0.39 is 18.0 Å². The van der Waals surface area contributed by atoms with Crippen molar-refractivity contribution in [3.8, 4) is 5.75 Å². The predicted octanol–water partition coefficient (Wildman–Crippen LogP) is 2.06. The normalized spacial score (nSPS) is 19.5. The second-order valence-corrected chi connectivity index (χ2v) is 8.67. The third-order valence-electron chi connectivity index (χ3n) is 6.04. The highest BCUT2D eigenvalue weighted by Crippen LogP contribution is 2.31. The Morgan fingerprint density at radius 3 is 2.72 bits per heavy atom. The molecule has 5 N–H and O–H groups in total. The molecule has 0 spiro atoms. The number of primary amides is 1. The summed E-state index contributed by atoms with van der Waals surface area (Å²) in [5, 5.41) is 3.48. The molecule has 2 unspecified atom stereocenters. The van der Waals surface area contributed by atoms with Crippen LogP contribution in [0.2, 0.25) is 5.02 Å². The largest absolute Gasteiger partial charge is 0.495 e. The van der Waals surface area contributed by atoms with Gasteiger partial charge in [0.2, 0.25) is 11.8 Å². The Morgan fingerprint density at radius 1 is 1.34 bits per heavy atom. The van der Waals surface area contributed by atoms with Gasteiger partial charge in [-0.15, -0.1) is 0 Å². The smallest absolute Gasteiger partial charge is 0.237 e. The number of carbonyl (C=O) groups excluding carboxylic acids is 2. The number of nitrogens with one attached hydrogen (secondary N) is 1. The first-order valence-corrected chi connectivity index (χ1v) is 10.9. The topological polar surface area (TPSA) is 124 Å². The number of pyridine rings is 1. The highest BCUT2D eigenvalue weighted by atomic mass is 35.5. The van der Waals surface area contributed by atoms with Gasteiger partial charge < -0.3 is 21.5 Å². The van der Waals surface area contributed by atoms with Gasteiger partial charge in [0.15, 0.2) is 0 Å². The van der Waals surface area contributed by atoms with E-state index in [0.29, 0.717) is 36.1 Å². The van der Waals surface area contributed by atoms with Crippen molar-refractivity contribution in [2.45, 2.75) is 45.3 Å². The lowest BCUT2D eigenvalue weighted by Crippen LogP contribution is -2.51. The number of benzene rings is 1. The molecule has 0 radical (unpaired) electrons. The van der Waals surface area contributed by atoms with Crippen LogP contribution in [-0.2, 0) is 22.6 Å². The van der Waals surface area contributed by atoms with E-state index in [1.165, 1.54) is 0 Å². The number of nitrogen functional groups attached to an aromatic ring is 1. The zero-order valence-electron chi connectivity index (χ0n) is 18.6. The molecule has 172 valence electrons. The Labute approximate surface area is 193 Å². The van der Waals surface area contributed by atoms with Crippen LogP contribution in [0.1, 0.15) is 30.2 Å². The Bertz CT molecular complexity index is 1000. The molecule has 1 aliphatic heterocycles. The van der Waals surface area contributed by atoms with Crippen molar-refractivity contribution in [1.82, 2.24) is 15.2 Å². The second-order valence-electron chi connectivity index (χ2n) is 8.26. The Balaban J connectivity index is 1.64. The summed E-state index contributed by atoms with van der Waals surface area (Å²) in [7, 11) is 1.57. The van der Waals surface area contributed by atoms with Crippen molar-refractivity contribution < 1.29 is 14.3 Å². The number of methoxy groups -OCH3 is 1. The van der Waals surface area contributed by atoms with E-state index in [1.54, 1.807) is 20.1 Å². The molecule has 1 aliphatic rings. The SMILES string of the molecule is COc1ccc(CC2CC(C(N)=O)N([C@@H](C)C(=O)NCc3ccc(N)nc3C)C2)cc1Cl. The van der Waals surface area contributed by atoms with Gasteiger partial charge in [-0.3, -0.25) is 14.5 Å². The first-order valence-electron chi connectivity index (χ1n) is 10.6. The molecule has 0 aliphatic carbocycles. The Hall–Kier alpha value is -2.84. The maximum absolute atomic E-state index is 12.8. The molecular formula is C23H30ClN5O3. The lowest BCUT2D eigenvalue weighted by atomic mass is 9.96. The fourth-order valence-electron chi connectivity index (χ4n) is 4.25. The van der Waals surface area contributed by atoms with Gasteiger partial charge in [-0.1, -0.05) is 23.7 Å². The van der Waals surface area contributed by atoms with Crippen LogP contribution in [-0.4, -0.2) is 47.4 Å². The quantitative estimate of drug-likeness (QED) is 0.555. The highest BCUT2D eigenvalue weighted by molar-refractivity contribution is 6.32. The molecular weight excluding hydrogens is 430 g/mol. The summed E-state index contributed by atoms with van der Waals surface area (Å²) < 4.78 is 5.21. The third-order valence-corrected chi connectivity index (χ3v) is 6.34. The lowest BCUT2D eigenvalue weighted by molar-refractivity contribution is -0.129. The summed E-state index contributed by atoms with van der Waals surface area (Å²) in [6.07, 6.45) is 1.33. The van der Waals surface area contributed by atoms with Crippen molar-refractivity contribution in [2.24, 2.45) is 11.7 Å². The van der Waals surface area contributed by atoms with Crippen molar-refractivity contribution in [1.29, 1.82) is 0 Å². The van der Waals surface area contributed by atoms with E-state index in [0.717, 1.165) is 23.2 Å². The minimum absolute atomic E-state index is 0.166. The third kappa shape index (κ3) is 5.49. The molecule has 9 heteroatoms. The summed E-state index contributed by atoms with van der Waals surface area (Å²) in [6, 6.07) is 8.24. The molecule has 8 nitrogen and oxygen atoms in total. The minimum Gasteiger partial charge on any atom is -0.495 e.